The van der Waals surface area contributed by atoms with Gasteiger partial charge in [-0.25, -0.2) is 4.98 Å². The van der Waals surface area contributed by atoms with Crippen LogP contribution in [0, 0.1) is 11.8 Å². The third kappa shape index (κ3) is 4.01. The lowest BCUT2D eigenvalue weighted by molar-refractivity contribution is -0.124. The van der Waals surface area contributed by atoms with Crippen LogP contribution in [0.1, 0.15) is 37.4 Å². The van der Waals surface area contributed by atoms with E-state index in [1.165, 1.54) is 0 Å². The second-order valence-corrected chi connectivity index (χ2v) is 8.21. The van der Waals surface area contributed by atoms with E-state index in [0.717, 1.165) is 55.6 Å². The second-order valence-electron chi connectivity index (χ2n) is 8.21. The number of hydrogen-bond acceptors (Lipinski definition) is 4. The maximum atomic E-state index is 12.8. The molecule has 2 aliphatic carbocycles. The molecule has 4 atom stereocenters. The van der Waals surface area contributed by atoms with E-state index in [1.54, 1.807) is 0 Å². The maximum absolute atomic E-state index is 12.8. The van der Waals surface area contributed by atoms with Gasteiger partial charge in [-0.05, 0) is 62.7 Å². The van der Waals surface area contributed by atoms with Crippen LogP contribution in [0.25, 0.3) is 11.0 Å². The highest BCUT2D eigenvalue weighted by Crippen LogP contribution is 2.40. The fourth-order valence-electron chi connectivity index (χ4n) is 4.76. The lowest BCUT2D eigenvalue weighted by Crippen LogP contribution is -2.50. The molecule has 1 aromatic heterocycles. The van der Waals surface area contributed by atoms with Gasteiger partial charge in [0.2, 0.25) is 5.91 Å². The number of carbonyl (C=O) groups is 1. The first-order valence-corrected chi connectivity index (χ1v) is 9.82. The van der Waals surface area contributed by atoms with E-state index in [4.69, 9.17) is 4.98 Å². The molecule has 28 heavy (non-hydrogen) atoms. The smallest absolute Gasteiger partial charge is 0.240 e. The Kier molecular flexibility index (Phi) is 6.54. The molecule has 0 radical (unpaired) electrons. The highest BCUT2D eigenvalue weighted by atomic mass is 35.5. The predicted molar refractivity (Wildman–Crippen MR) is 113 cm³/mol. The molecule has 1 aliphatic heterocycles. The minimum absolute atomic E-state index is 0. The third-order valence-electron chi connectivity index (χ3n) is 6.32. The van der Waals surface area contributed by atoms with E-state index < -0.39 is 6.10 Å². The summed E-state index contributed by atoms with van der Waals surface area (Å²) in [5, 5.41) is 17.0. The van der Waals surface area contributed by atoms with Crippen molar-refractivity contribution in [3.63, 3.8) is 0 Å². The number of halogens is 2. The SMILES string of the molecule is Cl.Cl.O=C(Cn1c(C2CC2)nc2ccccc21)N[C@H]1C[C@H]2CNC[C@H]2C[C@@H]1O. The van der Waals surface area contributed by atoms with Gasteiger partial charge in [-0.15, -0.1) is 24.8 Å². The summed E-state index contributed by atoms with van der Waals surface area (Å²) in [7, 11) is 0. The number of aliphatic hydroxyl groups excluding tert-OH is 1. The molecule has 6 nitrogen and oxygen atoms in total. The second kappa shape index (κ2) is 8.57. The van der Waals surface area contributed by atoms with Crippen molar-refractivity contribution in [3.05, 3.63) is 30.1 Å². The summed E-state index contributed by atoms with van der Waals surface area (Å²) < 4.78 is 2.07. The Bertz CT molecular complexity index is 839. The van der Waals surface area contributed by atoms with Gasteiger partial charge in [0.05, 0.1) is 23.2 Å². The van der Waals surface area contributed by atoms with Gasteiger partial charge in [0, 0.05) is 5.92 Å². The molecule has 2 aromatic rings. The maximum Gasteiger partial charge on any atom is 0.240 e. The molecule has 0 spiro atoms. The molecule has 5 rings (SSSR count). The summed E-state index contributed by atoms with van der Waals surface area (Å²) in [4.78, 5) is 17.5. The van der Waals surface area contributed by atoms with E-state index in [2.05, 4.69) is 15.2 Å². The molecule has 154 valence electrons. The standard InChI is InChI=1S/C20H26N4O2.2ClH/c25-18-8-14-10-21-9-13(14)7-16(18)22-19(26)11-24-17-4-2-1-3-15(17)23-20(24)12-5-6-12;;/h1-4,12-14,16,18,21,25H,5-11H2,(H,22,26);2*1H/t13-,14+,16-,18-;;/m0../s1. The number of rotatable bonds is 4. The van der Waals surface area contributed by atoms with Crippen LogP contribution in [0.2, 0.25) is 0 Å². The molecular formula is C20H28Cl2N4O2. The number of aliphatic hydroxyl groups is 1. The monoisotopic (exact) mass is 426 g/mol. The van der Waals surface area contributed by atoms with E-state index in [9.17, 15) is 9.90 Å². The van der Waals surface area contributed by atoms with Crippen molar-refractivity contribution in [1.82, 2.24) is 20.2 Å². The van der Waals surface area contributed by atoms with Crippen LogP contribution in [-0.2, 0) is 11.3 Å². The van der Waals surface area contributed by atoms with Crippen LogP contribution >= 0.6 is 24.8 Å². The van der Waals surface area contributed by atoms with Crippen LogP contribution in [0.5, 0.6) is 0 Å². The normalized spacial score (nSPS) is 28.9. The van der Waals surface area contributed by atoms with Gasteiger partial charge in [-0.1, -0.05) is 12.1 Å². The molecule has 2 saturated carbocycles. The highest BCUT2D eigenvalue weighted by Gasteiger charge is 2.39. The lowest BCUT2D eigenvalue weighted by Gasteiger charge is -2.35. The van der Waals surface area contributed by atoms with Crippen LogP contribution < -0.4 is 10.6 Å². The molecule has 1 amide bonds. The Labute approximate surface area is 177 Å². The molecule has 0 bridgehead atoms. The summed E-state index contributed by atoms with van der Waals surface area (Å²) in [6.07, 6.45) is 3.52. The highest BCUT2D eigenvalue weighted by molar-refractivity contribution is 5.85. The van der Waals surface area contributed by atoms with Crippen LogP contribution in [0.15, 0.2) is 24.3 Å². The van der Waals surface area contributed by atoms with Gasteiger partial charge in [0.25, 0.3) is 0 Å². The molecule has 3 N–H and O–H groups in total. The van der Waals surface area contributed by atoms with Gasteiger partial charge in [0.1, 0.15) is 12.4 Å². The molecule has 1 saturated heterocycles. The minimum Gasteiger partial charge on any atom is -0.391 e. The zero-order valence-electron chi connectivity index (χ0n) is 15.7. The molecular weight excluding hydrogens is 399 g/mol. The summed E-state index contributed by atoms with van der Waals surface area (Å²) in [6, 6.07) is 7.89. The van der Waals surface area contributed by atoms with E-state index in [0.29, 0.717) is 17.8 Å². The van der Waals surface area contributed by atoms with Gasteiger partial charge in [-0.3, -0.25) is 4.79 Å². The molecule has 1 aromatic carbocycles. The molecule has 8 heteroatoms. The predicted octanol–water partition coefficient (Wildman–Crippen LogP) is 2.23. The fraction of sp³-hybridized carbons (Fsp3) is 0.600. The Balaban J connectivity index is 0.00000112. The Morgan fingerprint density at radius 3 is 2.64 bits per heavy atom. The van der Waals surface area contributed by atoms with E-state index >= 15 is 0 Å². The van der Waals surface area contributed by atoms with Crippen LogP contribution in [0.3, 0.4) is 0 Å². The van der Waals surface area contributed by atoms with E-state index in [1.807, 2.05) is 24.3 Å². The number of carbonyl (C=O) groups excluding carboxylic acids is 1. The average molecular weight is 427 g/mol. The summed E-state index contributed by atoms with van der Waals surface area (Å²) in [6.45, 7) is 2.28. The quantitative estimate of drug-likeness (QED) is 0.700. The van der Waals surface area contributed by atoms with Gasteiger partial charge in [0.15, 0.2) is 0 Å². The first kappa shape index (κ1) is 21.4. The van der Waals surface area contributed by atoms with Gasteiger partial charge >= 0.3 is 0 Å². The summed E-state index contributed by atoms with van der Waals surface area (Å²) >= 11 is 0. The van der Waals surface area contributed by atoms with Crippen molar-refractivity contribution in [3.8, 4) is 0 Å². The van der Waals surface area contributed by atoms with E-state index in [-0.39, 0.29) is 43.3 Å². The third-order valence-corrected chi connectivity index (χ3v) is 6.32. The topological polar surface area (TPSA) is 79.2 Å². The Morgan fingerprint density at radius 2 is 1.89 bits per heavy atom. The van der Waals surface area contributed by atoms with Crippen molar-refractivity contribution >= 4 is 41.8 Å². The number of hydrogen-bond donors (Lipinski definition) is 3. The average Bonchev–Trinajstić information content (AvgIpc) is 3.28. The van der Waals surface area contributed by atoms with Crippen molar-refractivity contribution in [2.45, 2.75) is 50.3 Å². The van der Waals surface area contributed by atoms with Crippen LogP contribution in [-0.4, -0.2) is 45.8 Å². The van der Waals surface area contributed by atoms with Crippen molar-refractivity contribution in [1.29, 1.82) is 0 Å². The number of para-hydroxylation sites is 2. The first-order valence-electron chi connectivity index (χ1n) is 9.82. The number of imidazole rings is 1. The lowest BCUT2D eigenvalue weighted by atomic mass is 9.77. The number of amides is 1. The molecule has 3 aliphatic rings. The zero-order chi connectivity index (χ0) is 17.7. The Morgan fingerprint density at radius 1 is 1.18 bits per heavy atom. The zero-order valence-corrected chi connectivity index (χ0v) is 17.3. The van der Waals surface area contributed by atoms with Crippen molar-refractivity contribution in [2.75, 3.05) is 13.1 Å². The number of benzene rings is 1. The number of nitrogens with one attached hydrogen (secondary N) is 2. The number of fused-ring (bicyclic) bond motifs is 2. The summed E-state index contributed by atoms with van der Waals surface area (Å²) in [5.41, 5.74) is 1.98. The fourth-order valence-corrected chi connectivity index (χ4v) is 4.76. The molecule has 2 heterocycles. The number of aromatic nitrogens is 2. The van der Waals surface area contributed by atoms with Crippen molar-refractivity contribution < 1.29 is 9.90 Å². The molecule has 3 fully saturated rings. The summed E-state index contributed by atoms with van der Waals surface area (Å²) in [5.74, 6) is 2.62. The Hall–Kier alpha value is -1.34. The van der Waals surface area contributed by atoms with Gasteiger partial charge < -0.3 is 20.3 Å². The first-order chi connectivity index (χ1) is 12.7. The van der Waals surface area contributed by atoms with Crippen LogP contribution in [0.4, 0.5) is 0 Å². The minimum atomic E-state index is -0.442. The largest absolute Gasteiger partial charge is 0.391 e. The number of nitrogens with zero attached hydrogens (tertiary/aromatic N) is 2. The molecule has 0 unspecified atom stereocenters. The van der Waals surface area contributed by atoms with Crippen molar-refractivity contribution in [2.24, 2.45) is 11.8 Å². The van der Waals surface area contributed by atoms with Gasteiger partial charge in [-0.2, -0.15) is 0 Å².